The van der Waals surface area contributed by atoms with Crippen LogP contribution in [0.3, 0.4) is 0 Å². The summed E-state index contributed by atoms with van der Waals surface area (Å²) in [7, 11) is 0. The van der Waals surface area contributed by atoms with Gasteiger partial charge in [-0.05, 0) is 25.1 Å². The molecular weight excluding hydrogens is 353 g/mol. The van der Waals surface area contributed by atoms with Crippen molar-refractivity contribution >= 4 is 0 Å². The minimum Gasteiger partial charge on any atom is -0.372 e. The lowest BCUT2D eigenvalue weighted by Crippen LogP contribution is -2.06. The Labute approximate surface area is 152 Å². The molecule has 0 bridgehead atoms. The highest BCUT2D eigenvalue weighted by molar-refractivity contribution is 5.70. The highest BCUT2D eigenvalue weighted by Crippen LogP contribution is 2.33. The van der Waals surface area contributed by atoms with E-state index in [0.717, 1.165) is 11.4 Å². The van der Waals surface area contributed by atoms with Crippen molar-refractivity contribution in [1.82, 2.24) is 34.5 Å². The first-order valence-corrected chi connectivity index (χ1v) is 8.39. The average molecular weight is 367 g/mol. The Kier molecular flexibility index (Phi) is 3.57. The van der Waals surface area contributed by atoms with Gasteiger partial charge in [0.1, 0.15) is 30.8 Å². The predicted molar refractivity (Wildman–Crippen MR) is 90.3 cm³/mol. The van der Waals surface area contributed by atoms with Crippen LogP contribution in [0.15, 0.2) is 35.4 Å². The van der Waals surface area contributed by atoms with Gasteiger partial charge >= 0.3 is 0 Å². The minimum absolute atomic E-state index is 0.245. The number of imidazole rings is 1. The molecule has 0 saturated heterocycles. The van der Waals surface area contributed by atoms with Crippen molar-refractivity contribution in [2.45, 2.75) is 20.1 Å². The molecule has 0 unspecified atom stereocenters. The summed E-state index contributed by atoms with van der Waals surface area (Å²) in [6.07, 6.45) is 3.11. The lowest BCUT2D eigenvalue weighted by molar-refractivity contribution is 0.109. The Morgan fingerprint density at radius 1 is 1.30 bits per heavy atom. The SMILES string of the molecule is CCOCc1nc(-c2ncn3c2Cn2ncnc2-c2cc(F)ccc2-3)no1. The fourth-order valence-corrected chi connectivity index (χ4v) is 3.15. The Morgan fingerprint density at radius 3 is 3.11 bits per heavy atom. The molecule has 4 aromatic rings. The van der Waals surface area contributed by atoms with Gasteiger partial charge in [0.2, 0.25) is 5.82 Å². The van der Waals surface area contributed by atoms with E-state index in [4.69, 9.17) is 9.26 Å². The molecule has 1 aliphatic rings. The molecular formula is C17H14FN7O2. The normalized spacial score (nSPS) is 12.4. The zero-order valence-corrected chi connectivity index (χ0v) is 14.3. The van der Waals surface area contributed by atoms with Crippen molar-refractivity contribution in [3.63, 3.8) is 0 Å². The zero-order chi connectivity index (χ0) is 18.4. The summed E-state index contributed by atoms with van der Waals surface area (Å²) < 4.78 is 28.0. The molecule has 5 rings (SSSR count). The number of ether oxygens (including phenoxy) is 1. The van der Waals surface area contributed by atoms with E-state index in [1.807, 2.05) is 11.5 Å². The van der Waals surface area contributed by atoms with Crippen molar-refractivity contribution < 1.29 is 13.7 Å². The molecule has 136 valence electrons. The molecule has 0 atom stereocenters. The van der Waals surface area contributed by atoms with E-state index >= 15 is 0 Å². The van der Waals surface area contributed by atoms with E-state index in [0.29, 0.717) is 41.9 Å². The molecule has 3 aromatic heterocycles. The number of nitrogens with zero attached hydrogens (tertiary/aromatic N) is 7. The Hall–Kier alpha value is -3.40. The van der Waals surface area contributed by atoms with Crippen molar-refractivity contribution in [2.75, 3.05) is 6.61 Å². The van der Waals surface area contributed by atoms with Gasteiger partial charge in [-0.2, -0.15) is 10.1 Å². The Balaban J connectivity index is 1.65. The molecule has 0 spiro atoms. The van der Waals surface area contributed by atoms with Crippen molar-refractivity contribution in [1.29, 1.82) is 0 Å². The maximum absolute atomic E-state index is 13.9. The third-order valence-electron chi connectivity index (χ3n) is 4.35. The van der Waals surface area contributed by atoms with Gasteiger partial charge in [0.15, 0.2) is 5.82 Å². The van der Waals surface area contributed by atoms with E-state index in [1.165, 1.54) is 18.5 Å². The van der Waals surface area contributed by atoms with Crippen LogP contribution in [-0.4, -0.2) is 41.1 Å². The summed E-state index contributed by atoms with van der Waals surface area (Å²) in [6.45, 7) is 3.08. The number of fused-ring (bicyclic) bond motifs is 5. The summed E-state index contributed by atoms with van der Waals surface area (Å²) in [5, 5.41) is 8.28. The van der Waals surface area contributed by atoms with Crippen LogP contribution in [-0.2, 0) is 17.9 Å². The van der Waals surface area contributed by atoms with Gasteiger partial charge in [-0.3, -0.25) is 4.57 Å². The molecule has 0 radical (unpaired) electrons. The molecule has 0 amide bonds. The molecule has 27 heavy (non-hydrogen) atoms. The first-order valence-electron chi connectivity index (χ1n) is 8.39. The van der Waals surface area contributed by atoms with Gasteiger partial charge in [0, 0.05) is 12.2 Å². The fraction of sp³-hybridized carbons (Fsp3) is 0.235. The number of aromatic nitrogens is 7. The van der Waals surface area contributed by atoms with Gasteiger partial charge in [0.05, 0.1) is 17.9 Å². The summed E-state index contributed by atoms with van der Waals surface area (Å²) in [6, 6.07) is 4.54. The van der Waals surface area contributed by atoms with Crippen LogP contribution in [0.2, 0.25) is 0 Å². The third kappa shape index (κ3) is 2.53. The van der Waals surface area contributed by atoms with Gasteiger partial charge in [-0.25, -0.2) is 19.0 Å². The topological polar surface area (TPSA) is 96.7 Å². The average Bonchev–Trinajstić information content (AvgIpc) is 3.39. The molecule has 0 N–H and O–H groups in total. The van der Waals surface area contributed by atoms with Gasteiger partial charge in [-0.1, -0.05) is 5.16 Å². The fourth-order valence-electron chi connectivity index (χ4n) is 3.15. The largest absolute Gasteiger partial charge is 0.372 e. The summed E-state index contributed by atoms with van der Waals surface area (Å²) in [5.74, 6) is 0.993. The number of hydrogen-bond acceptors (Lipinski definition) is 7. The van der Waals surface area contributed by atoms with Crippen LogP contribution in [0.4, 0.5) is 4.39 Å². The standard InChI is InChI=1S/C17H14FN7O2/c1-2-26-7-14-22-16(23-27-14)15-13-6-25-17(19-8-21-25)11-5-10(18)3-4-12(11)24(13)9-20-15/h3-5,8-9H,2,6-7H2,1H3. The summed E-state index contributed by atoms with van der Waals surface area (Å²) >= 11 is 0. The van der Waals surface area contributed by atoms with Gasteiger partial charge in [0.25, 0.3) is 5.89 Å². The zero-order valence-electron chi connectivity index (χ0n) is 14.3. The first kappa shape index (κ1) is 15.8. The molecule has 9 nitrogen and oxygen atoms in total. The maximum atomic E-state index is 13.9. The van der Waals surface area contributed by atoms with Crippen LogP contribution >= 0.6 is 0 Å². The molecule has 1 aromatic carbocycles. The van der Waals surface area contributed by atoms with Crippen LogP contribution in [0.1, 0.15) is 18.5 Å². The van der Waals surface area contributed by atoms with E-state index in [9.17, 15) is 4.39 Å². The van der Waals surface area contributed by atoms with E-state index in [-0.39, 0.29) is 12.4 Å². The van der Waals surface area contributed by atoms with Gasteiger partial charge in [-0.15, -0.1) is 0 Å². The van der Waals surface area contributed by atoms with Gasteiger partial charge < -0.3 is 9.26 Å². The van der Waals surface area contributed by atoms with Crippen LogP contribution in [0.5, 0.6) is 0 Å². The minimum atomic E-state index is -0.342. The molecule has 1 aliphatic heterocycles. The van der Waals surface area contributed by atoms with Crippen LogP contribution in [0, 0.1) is 5.82 Å². The quantitative estimate of drug-likeness (QED) is 0.480. The first-order chi connectivity index (χ1) is 13.2. The number of benzene rings is 1. The second-order valence-corrected chi connectivity index (χ2v) is 5.96. The van der Waals surface area contributed by atoms with E-state index < -0.39 is 0 Å². The third-order valence-corrected chi connectivity index (χ3v) is 4.35. The highest BCUT2D eigenvalue weighted by Gasteiger charge is 2.26. The Bertz CT molecular complexity index is 1130. The second-order valence-electron chi connectivity index (χ2n) is 5.96. The summed E-state index contributed by atoms with van der Waals surface area (Å²) in [5.41, 5.74) is 2.77. The van der Waals surface area contributed by atoms with Crippen LogP contribution < -0.4 is 0 Å². The number of hydrogen-bond donors (Lipinski definition) is 0. The Morgan fingerprint density at radius 2 is 2.22 bits per heavy atom. The lowest BCUT2D eigenvalue weighted by atomic mass is 10.1. The summed E-state index contributed by atoms with van der Waals surface area (Å²) in [4.78, 5) is 13.1. The van der Waals surface area contributed by atoms with Crippen molar-refractivity contribution in [3.8, 4) is 28.6 Å². The van der Waals surface area contributed by atoms with E-state index in [1.54, 1.807) is 17.1 Å². The lowest BCUT2D eigenvalue weighted by Gasteiger charge is -2.08. The van der Waals surface area contributed by atoms with E-state index in [2.05, 4.69) is 25.2 Å². The monoisotopic (exact) mass is 367 g/mol. The second kappa shape index (κ2) is 6.09. The molecule has 0 fully saturated rings. The molecule has 10 heteroatoms. The predicted octanol–water partition coefficient (Wildman–Crippen LogP) is 2.22. The number of rotatable bonds is 4. The smallest absolute Gasteiger partial charge is 0.253 e. The molecule has 0 saturated carbocycles. The molecule has 4 heterocycles. The maximum Gasteiger partial charge on any atom is 0.253 e. The highest BCUT2D eigenvalue weighted by atomic mass is 19.1. The number of halogens is 1. The molecule has 0 aliphatic carbocycles. The van der Waals surface area contributed by atoms with Crippen molar-refractivity contribution in [3.05, 3.63) is 48.3 Å². The van der Waals surface area contributed by atoms with Crippen LogP contribution in [0.25, 0.3) is 28.6 Å². The van der Waals surface area contributed by atoms with Crippen molar-refractivity contribution in [2.24, 2.45) is 0 Å².